The van der Waals surface area contributed by atoms with E-state index in [1.54, 1.807) is 0 Å². The van der Waals surface area contributed by atoms with Gasteiger partial charge in [-0.2, -0.15) is 0 Å². The first-order valence-corrected chi connectivity index (χ1v) is 7.38. The molecular formula is C16H26FN3. The Morgan fingerprint density at radius 1 is 1.35 bits per heavy atom. The van der Waals surface area contributed by atoms with E-state index in [9.17, 15) is 4.39 Å². The first-order valence-electron chi connectivity index (χ1n) is 7.38. The molecule has 2 rings (SSSR count). The van der Waals surface area contributed by atoms with Crippen LogP contribution in [0.4, 0.5) is 4.39 Å². The monoisotopic (exact) mass is 279 g/mol. The maximum atomic E-state index is 13.2. The van der Waals surface area contributed by atoms with E-state index in [2.05, 4.69) is 31.3 Å². The van der Waals surface area contributed by atoms with Crippen LogP contribution in [0.5, 0.6) is 0 Å². The summed E-state index contributed by atoms with van der Waals surface area (Å²) in [5.74, 6) is 6.35. The van der Waals surface area contributed by atoms with Crippen LogP contribution in [-0.4, -0.2) is 24.5 Å². The van der Waals surface area contributed by atoms with Gasteiger partial charge in [-0.1, -0.05) is 31.9 Å². The molecule has 0 saturated heterocycles. The Balaban J connectivity index is 2.37. The van der Waals surface area contributed by atoms with Gasteiger partial charge in [0.25, 0.3) is 0 Å². The molecule has 3 atom stereocenters. The lowest BCUT2D eigenvalue weighted by Crippen LogP contribution is -2.57. The normalized spacial score (nSPS) is 28.6. The number of hydrogen-bond acceptors (Lipinski definition) is 3. The van der Waals surface area contributed by atoms with E-state index in [0.29, 0.717) is 5.92 Å². The minimum atomic E-state index is -0.208. The molecule has 0 bridgehead atoms. The van der Waals surface area contributed by atoms with Crippen molar-refractivity contribution >= 4 is 0 Å². The van der Waals surface area contributed by atoms with Gasteiger partial charge in [0.05, 0.1) is 6.04 Å². The molecule has 1 aliphatic carbocycles. The molecule has 3 N–H and O–H groups in total. The third-order valence-corrected chi connectivity index (χ3v) is 4.81. The third-order valence-electron chi connectivity index (χ3n) is 4.81. The first-order chi connectivity index (χ1) is 9.49. The zero-order chi connectivity index (χ0) is 14.8. The quantitative estimate of drug-likeness (QED) is 0.658. The molecule has 4 heteroatoms. The van der Waals surface area contributed by atoms with Crippen LogP contribution in [-0.2, 0) is 0 Å². The fourth-order valence-corrected chi connectivity index (χ4v) is 3.71. The molecule has 1 aliphatic rings. The molecule has 0 radical (unpaired) electrons. The maximum Gasteiger partial charge on any atom is 0.123 e. The molecule has 1 aromatic rings. The Bertz CT molecular complexity index is 432. The minimum Gasteiger partial charge on any atom is -0.302 e. The molecule has 3 nitrogen and oxygen atoms in total. The van der Waals surface area contributed by atoms with Gasteiger partial charge in [-0.25, -0.2) is 4.39 Å². The molecule has 0 heterocycles. The molecule has 20 heavy (non-hydrogen) atoms. The molecular weight excluding hydrogens is 253 g/mol. The second-order valence-corrected chi connectivity index (χ2v) is 6.35. The Kier molecular flexibility index (Phi) is 4.78. The Morgan fingerprint density at radius 3 is 2.50 bits per heavy atom. The highest BCUT2D eigenvalue weighted by Gasteiger charge is 2.43. The smallest absolute Gasteiger partial charge is 0.123 e. The standard InChI is InChI=1S/C16H26FN3/c1-12-5-4-10-16(11-12,20(2)3)15(19-18)13-6-8-14(17)9-7-13/h6-9,12,15,19H,4-5,10-11,18H2,1-3H3. The summed E-state index contributed by atoms with van der Waals surface area (Å²) in [6.45, 7) is 2.30. The van der Waals surface area contributed by atoms with Crippen molar-refractivity contribution in [3.8, 4) is 0 Å². The average Bonchev–Trinajstić information content (AvgIpc) is 2.41. The highest BCUT2D eigenvalue weighted by atomic mass is 19.1. The Morgan fingerprint density at radius 2 is 2.00 bits per heavy atom. The number of nitrogens with two attached hydrogens (primary N) is 1. The van der Waals surface area contributed by atoms with Crippen LogP contribution < -0.4 is 11.3 Å². The van der Waals surface area contributed by atoms with Gasteiger partial charge in [-0.3, -0.25) is 11.3 Å². The summed E-state index contributed by atoms with van der Waals surface area (Å²) in [7, 11) is 4.23. The SMILES string of the molecule is CC1CCCC(C(NN)c2ccc(F)cc2)(N(C)C)C1. The lowest BCUT2D eigenvalue weighted by Gasteiger charge is -2.50. The van der Waals surface area contributed by atoms with E-state index in [-0.39, 0.29) is 17.4 Å². The number of rotatable bonds is 4. The molecule has 1 saturated carbocycles. The van der Waals surface area contributed by atoms with E-state index >= 15 is 0 Å². The molecule has 1 fully saturated rings. The van der Waals surface area contributed by atoms with Crippen LogP contribution in [0.1, 0.15) is 44.2 Å². The van der Waals surface area contributed by atoms with Crippen LogP contribution in [0.2, 0.25) is 0 Å². The average molecular weight is 279 g/mol. The summed E-state index contributed by atoms with van der Waals surface area (Å²) < 4.78 is 13.2. The number of nitrogens with one attached hydrogen (secondary N) is 1. The van der Waals surface area contributed by atoms with E-state index in [1.807, 2.05) is 12.1 Å². The van der Waals surface area contributed by atoms with Gasteiger partial charge in [-0.15, -0.1) is 0 Å². The zero-order valence-electron chi connectivity index (χ0n) is 12.7. The van der Waals surface area contributed by atoms with Crippen molar-refractivity contribution in [1.82, 2.24) is 10.3 Å². The maximum absolute atomic E-state index is 13.2. The van der Waals surface area contributed by atoms with Gasteiger partial charge >= 0.3 is 0 Å². The van der Waals surface area contributed by atoms with Gasteiger partial charge in [0.15, 0.2) is 0 Å². The van der Waals surface area contributed by atoms with Crippen molar-refractivity contribution in [2.45, 2.75) is 44.2 Å². The van der Waals surface area contributed by atoms with Crippen molar-refractivity contribution in [3.05, 3.63) is 35.6 Å². The summed E-state index contributed by atoms with van der Waals surface area (Å²) in [6.07, 6.45) is 4.69. The summed E-state index contributed by atoms with van der Waals surface area (Å²) in [5, 5.41) is 0. The van der Waals surface area contributed by atoms with E-state index in [1.165, 1.54) is 25.0 Å². The number of benzene rings is 1. The summed E-state index contributed by atoms with van der Waals surface area (Å²) in [5.41, 5.74) is 4.03. The van der Waals surface area contributed by atoms with E-state index in [0.717, 1.165) is 18.4 Å². The number of halogens is 1. The lowest BCUT2D eigenvalue weighted by atomic mass is 9.70. The number of nitrogens with zero attached hydrogens (tertiary/aromatic N) is 1. The number of hydrazine groups is 1. The minimum absolute atomic E-state index is 0.00968. The molecule has 1 aromatic carbocycles. The first kappa shape index (κ1) is 15.4. The Hall–Kier alpha value is -0.970. The van der Waals surface area contributed by atoms with E-state index in [4.69, 9.17) is 5.84 Å². The fourth-order valence-electron chi connectivity index (χ4n) is 3.71. The number of likely N-dealkylation sites (N-methyl/N-ethyl adjacent to an activating group) is 1. The summed E-state index contributed by atoms with van der Waals surface area (Å²) in [4.78, 5) is 2.29. The van der Waals surface area contributed by atoms with Crippen LogP contribution >= 0.6 is 0 Å². The van der Waals surface area contributed by atoms with Crippen LogP contribution in [0.15, 0.2) is 24.3 Å². The highest BCUT2D eigenvalue weighted by Crippen LogP contribution is 2.43. The van der Waals surface area contributed by atoms with Gasteiger partial charge in [0, 0.05) is 5.54 Å². The highest BCUT2D eigenvalue weighted by molar-refractivity contribution is 5.24. The summed E-state index contributed by atoms with van der Waals surface area (Å²) >= 11 is 0. The molecule has 3 unspecified atom stereocenters. The molecule has 0 aliphatic heterocycles. The van der Waals surface area contributed by atoms with Gasteiger partial charge in [0.2, 0.25) is 0 Å². The third kappa shape index (κ3) is 2.87. The van der Waals surface area contributed by atoms with Crippen LogP contribution in [0, 0.1) is 11.7 Å². The van der Waals surface area contributed by atoms with Crippen molar-refractivity contribution in [1.29, 1.82) is 0 Å². The van der Waals surface area contributed by atoms with E-state index < -0.39 is 0 Å². The Labute approximate surface area is 121 Å². The van der Waals surface area contributed by atoms with Crippen molar-refractivity contribution in [2.24, 2.45) is 11.8 Å². The van der Waals surface area contributed by atoms with Crippen molar-refractivity contribution in [2.75, 3.05) is 14.1 Å². The summed E-state index contributed by atoms with van der Waals surface area (Å²) in [6, 6.07) is 6.71. The lowest BCUT2D eigenvalue weighted by molar-refractivity contribution is 0.0366. The predicted octanol–water partition coefficient (Wildman–Crippen LogP) is 2.84. The fraction of sp³-hybridized carbons (Fsp3) is 0.625. The second-order valence-electron chi connectivity index (χ2n) is 6.35. The van der Waals surface area contributed by atoms with Gasteiger partial charge in [0.1, 0.15) is 5.82 Å². The molecule has 0 amide bonds. The second kappa shape index (κ2) is 6.20. The largest absolute Gasteiger partial charge is 0.302 e. The van der Waals surface area contributed by atoms with Crippen LogP contribution in [0.3, 0.4) is 0 Å². The number of hydrogen-bond donors (Lipinski definition) is 2. The zero-order valence-corrected chi connectivity index (χ0v) is 12.7. The van der Waals surface area contributed by atoms with Gasteiger partial charge in [-0.05, 0) is 50.6 Å². The predicted molar refractivity (Wildman–Crippen MR) is 80.5 cm³/mol. The van der Waals surface area contributed by atoms with Crippen LogP contribution in [0.25, 0.3) is 0 Å². The molecule has 0 aromatic heterocycles. The molecule has 112 valence electrons. The topological polar surface area (TPSA) is 41.3 Å². The van der Waals surface area contributed by atoms with Gasteiger partial charge < -0.3 is 4.90 Å². The van der Waals surface area contributed by atoms with Crippen molar-refractivity contribution < 1.29 is 4.39 Å². The van der Waals surface area contributed by atoms with Crippen molar-refractivity contribution in [3.63, 3.8) is 0 Å². The molecule has 0 spiro atoms.